The van der Waals surface area contributed by atoms with Gasteiger partial charge in [0, 0.05) is 12.3 Å². The first-order valence-electron chi connectivity index (χ1n) is 8.91. The minimum atomic E-state index is -0.155. The van der Waals surface area contributed by atoms with Gasteiger partial charge in [0.25, 0.3) is 0 Å². The predicted octanol–water partition coefficient (Wildman–Crippen LogP) is 5.35. The molecule has 0 saturated heterocycles. The summed E-state index contributed by atoms with van der Waals surface area (Å²) in [5, 5.41) is 9.73. The van der Waals surface area contributed by atoms with Crippen LogP contribution in [-0.4, -0.2) is 14.8 Å². The molecule has 5 heteroatoms. The van der Waals surface area contributed by atoms with Crippen LogP contribution in [0.15, 0.2) is 53.7 Å². The van der Waals surface area contributed by atoms with E-state index in [1.54, 1.807) is 11.8 Å². The van der Waals surface area contributed by atoms with Gasteiger partial charge in [-0.05, 0) is 51.0 Å². The molecule has 0 aliphatic rings. The van der Waals surface area contributed by atoms with E-state index in [0.717, 1.165) is 29.0 Å². The minimum Gasteiger partial charge on any atom is -0.483 e. The maximum atomic E-state index is 6.08. The molecule has 0 fully saturated rings. The van der Waals surface area contributed by atoms with Crippen molar-refractivity contribution in [3.05, 3.63) is 71.0 Å². The Morgan fingerprint density at radius 2 is 1.81 bits per heavy atom. The lowest BCUT2D eigenvalue weighted by molar-refractivity contribution is 0.210. The summed E-state index contributed by atoms with van der Waals surface area (Å²) < 4.78 is 8.22. The first-order chi connectivity index (χ1) is 12.6. The first-order valence-corrected chi connectivity index (χ1v) is 9.90. The zero-order valence-corrected chi connectivity index (χ0v) is 16.6. The number of ether oxygens (including phenoxy) is 1. The quantitative estimate of drug-likeness (QED) is 0.528. The molecule has 0 amide bonds. The molecule has 0 spiro atoms. The maximum Gasteiger partial charge on any atom is 0.191 e. The largest absolute Gasteiger partial charge is 0.483 e. The third kappa shape index (κ3) is 4.47. The molecule has 4 nitrogen and oxygen atoms in total. The van der Waals surface area contributed by atoms with Crippen LogP contribution >= 0.6 is 11.8 Å². The smallest absolute Gasteiger partial charge is 0.191 e. The number of aryl methyl sites for hydroxylation is 2. The lowest BCUT2D eigenvalue weighted by Crippen LogP contribution is -2.12. The number of hydrogen-bond donors (Lipinski definition) is 0. The van der Waals surface area contributed by atoms with Crippen LogP contribution in [-0.2, 0) is 12.3 Å². The van der Waals surface area contributed by atoms with E-state index in [-0.39, 0.29) is 6.10 Å². The highest BCUT2D eigenvalue weighted by molar-refractivity contribution is 7.98. The Balaban J connectivity index is 1.71. The molecule has 0 aliphatic heterocycles. The standard InChI is InChI=1S/C21H25N3OS/c1-5-24-20(17(4)25-19-8-6-7-16(3)13-19)22-23-21(24)26-14-18-11-9-15(2)10-12-18/h6-13,17H,5,14H2,1-4H3. The molecule has 1 heterocycles. The Labute approximate surface area is 159 Å². The molecule has 26 heavy (non-hydrogen) atoms. The zero-order valence-electron chi connectivity index (χ0n) is 15.8. The van der Waals surface area contributed by atoms with Crippen molar-refractivity contribution in [1.82, 2.24) is 14.8 Å². The molecule has 1 atom stereocenters. The summed E-state index contributed by atoms with van der Waals surface area (Å²) in [7, 11) is 0. The van der Waals surface area contributed by atoms with E-state index in [2.05, 4.69) is 65.9 Å². The van der Waals surface area contributed by atoms with E-state index in [1.165, 1.54) is 16.7 Å². The van der Waals surface area contributed by atoms with Gasteiger partial charge >= 0.3 is 0 Å². The molecule has 3 aromatic rings. The highest BCUT2D eigenvalue weighted by Gasteiger charge is 2.18. The molecular weight excluding hydrogens is 342 g/mol. The van der Waals surface area contributed by atoms with Crippen molar-refractivity contribution in [2.75, 3.05) is 0 Å². The fraction of sp³-hybridized carbons (Fsp3) is 0.333. The fourth-order valence-electron chi connectivity index (χ4n) is 2.78. The molecule has 2 aromatic carbocycles. The van der Waals surface area contributed by atoms with Gasteiger partial charge in [0.05, 0.1) is 0 Å². The number of nitrogens with zero attached hydrogens (tertiary/aromatic N) is 3. The number of hydrogen-bond acceptors (Lipinski definition) is 4. The van der Waals surface area contributed by atoms with Crippen molar-refractivity contribution >= 4 is 11.8 Å². The van der Waals surface area contributed by atoms with Gasteiger partial charge < -0.3 is 9.30 Å². The fourth-order valence-corrected chi connectivity index (χ4v) is 3.75. The summed E-state index contributed by atoms with van der Waals surface area (Å²) in [5.41, 5.74) is 3.75. The van der Waals surface area contributed by atoms with E-state index in [4.69, 9.17) is 4.74 Å². The van der Waals surface area contributed by atoms with Gasteiger partial charge in [-0.2, -0.15) is 0 Å². The average Bonchev–Trinajstić information content (AvgIpc) is 3.04. The molecule has 3 rings (SSSR count). The third-order valence-electron chi connectivity index (χ3n) is 4.22. The Kier molecular flexibility index (Phi) is 5.99. The molecular formula is C21H25N3OS. The highest BCUT2D eigenvalue weighted by atomic mass is 32.2. The van der Waals surface area contributed by atoms with Gasteiger partial charge in [0.15, 0.2) is 17.1 Å². The monoisotopic (exact) mass is 367 g/mol. The lowest BCUT2D eigenvalue weighted by Gasteiger charge is -2.16. The van der Waals surface area contributed by atoms with Crippen LogP contribution in [0.4, 0.5) is 0 Å². The van der Waals surface area contributed by atoms with Gasteiger partial charge in [-0.25, -0.2) is 0 Å². The van der Waals surface area contributed by atoms with Crippen molar-refractivity contribution in [2.24, 2.45) is 0 Å². The highest BCUT2D eigenvalue weighted by Crippen LogP contribution is 2.26. The first kappa shape index (κ1) is 18.5. The lowest BCUT2D eigenvalue weighted by atomic mass is 10.2. The summed E-state index contributed by atoms with van der Waals surface area (Å²) in [6.45, 7) is 9.12. The van der Waals surface area contributed by atoms with Gasteiger partial charge in [0.2, 0.25) is 0 Å². The van der Waals surface area contributed by atoms with Gasteiger partial charge in [-0.3, -0.25) is 0 Å². The van der Waals surface area contributed by atoms with Crippen LogP contribution in [0.1, 0.15) is 42.5 Å². The van der Waals surface area contributed by atoms with Crippen LogP contribution in [0.2, 0.25) is 0 Å². The van der Waals surface area contributed by atoms with Crippen molar-refractivity contribution < 1.29 is 4.74 Å². The molecule has 1 aromatic heterocycles. The summed E-state index contributed by atoms with van der Waals surface area (Å²) in [5.74, 6) is 2.60. The van der Waals surface area contributed by atoms with Crippen LogP contribution in [0.5, 0.6) is 5.75 Å². The average molecular weight is 368 g/mol. The molecule has 0 bridgehead atoms. The number of thioether (sulfide) groups is 1. The predicted molar refractivity (Wildman–Crippen MR) is 107 cm³/mol. The van der Waals surface area contributed by atoms with Crippen LogP contribution in [0.25, 0.3) is 0 Å². The van der Waals surface area contributed by atoms with Crippen molar-refractivity contribution in [1.29, 1.82) is 0 Å². The Hall–Kier alpha value is -2.27. The minimum absolute atomic E-state index is 0.155. The van der Waals surface area contributed by atoms with Crippen LogP contribution in [0.3, 0.4) is 0 Å². The number of rotatable bonds is 7. The Morgan fingerprint density at radius 3 is 2.50 bits per heavy atom. The van der Waals surface area contributed by atoms with E-state index in [1.807, 2.05) is 25.1 Å². The Morgan fingerprint density at radius 1 is 1.04 bits per heavy atom. The van der Waals surface area contributed by atoms with Gasteiger partial charge in [0.1, 0.15) is 5.75 Å². The van der Waals surface area contributed by atoms with Gasteiger partial charge in [-0.15, -0.1) is 10.2 Å². The molecule has 0 radical (unpaired) electrons. The van der Waals surface area contributed by atoms with Crippen molar-refractivity contribution in [3.63, 3.8) is 0 Å². The second-order valence-corrected chi connectivity index (χ2v) is 7.38. The summed E-state index contributed by atoms with van der Waals surface area (Å²) in [6, 6.07) is 16.7. The molecule has 1 unspecified atom stereocenters. The van der Waals surface area contributed by atoms with Gasteiger partial charge in [-0.1, -0.05) is 53.7 Å². The summed E-state index contributed by atoms with van der Waals surface area (Å²) in [4.78, 5) is 0. The van der Waals surface area contributed by atoms with Crippen molar-refractivity contribution in [2.45, 2.75) is 51.3 Å². The SMILES string of the molecule is CCn1c(SCc2ccc(C)cc2)nnc1C(C)Oc1cccc(C)c1. The second-order valence-electron chi connectivity index (χ2n) is 6.44. The van der Waals surface area contributed by atoms with E-state index >= 15 is 0 Å². The van der Waals surface area contributed by atoms with Crippen LogP contribution < -0.4 is 4.74 Å². The normalized spacial score (nSPS) is 12.2. The van der Waals surface area contributed by atoms with E-state index in [9.17, 15) is 0 Å². The third-order valence-corrected chi connectivity index (χ3v) is 5.25. The maximum absolute atomic E-state index is 6.08. The Bertz CT molecular complexity index is 858. The number of aromatic nitrogens is 3. The molecule has 0 saturated carbocycles. The zero-order chi connectivity index (χ0) is 18.5. The molecule has 136 valence electrons. The topological polar surface area (TPSA) is 39.9 Å². The summed E-state index contributed by atoms with van der Waals surface area (Å²) >= 11 is 1.71. The second kappa shape index (κ2) is 8.41. The molecule has 0 aliphatic carbocycles. The van der Waals surface area contributed by atoms with Crippen molar-refractivity contribution in [3.8, 4) is 5.75 Å². The van der Waals surface area contributed by atoms with E-state index < -0.39 is 0 Å². The summed E-state index contributed by atoms with van der Waals surface area (Å²) in [6.07, 6.45) is -0.155. The van der Waals surface area contributed by atoms with Crippen LogP contribution in [0, 0.1) is 13.8 Å². The molecule has 0 N–H and O–H groups in total. The number of benzene rings is 2. The van der Waals surface area contributed by atoms with E-state index in [0.29, 0.717) is 0 Å².